The van der Waals surface area contributed by atoms with E-state index in [0.717, 1.165) is 44.5 Å². The van der Waals surface area contributed by atoms with Crippen molar-refractivity contribution in [3.05, 3.63) is 102 Å². The summed E-state index contributed by atoms with van der Waals surface area (Å²) in [5.41, 5.74) is 14.6. The van der Waals surface area contributed by atoms with Crippen LogP contribution in [0.2, 0.25) is 0 Å². The predicted molar refractivity (Wildman–Crippen MR) is 130 cm³/mol. The molecule has 33 heavy (non-hydrogen) atoms. The van der Waals surface area contributed by atoms with E-state index in [0.29, 0.717) is 17.0 Å². The zero-order valence-corrected chi connectivity index (χ0v) is 18.0. The number of nitrogens with two attached hydrogens (primary N) is 1. The minimum Gasteiger partial charge on any atom is -0.384 e. The zero-order valence-electron chi connectivity index (χ0n) is 18.0. The van der Waals surface area contributed by atoms with E-state index in [1.165, 1.54) is 0 Å². The molecule has 0 radical (unpaired) electrons. The zero-order chi connectivity index (χ0) is 22.5. The van der Waals surface area contributed by atoms with Crippen LogP contribution in [-0.2, 0) is 0 Å². The van der Waals surface area contributed by atoms with Crippen LogP contribution in [0.15, 0.2) is 79.1 Å². The third-order valence-electron chi connectivity index (χ3n) is 6.33. The lowest BCUT2D eigenvalue weighted by molar-refractivity contribution is 0.0945. The van der Waals surface area contributed by atoms with E-state index < -0.39 is 0 Å². The smallest absolute Gasteiger partial charge is 0.252 e. The van der Waals surface area contributed by atoms with Crippen molar-refractivity contribution in [3.63, 3.8) is 0 Å². The van der Waals surface area contributed by atoms with Gasteiger partial charge in [0, 0.05) is 29.0 Å². The van der Waals surface area contributed by atoms with Gasteiger partial charge in [-0.05, 0) is 59.0 Å². The van der Waals surface area contributed by atoms with Gasteiger partial charge in [-0.1, -0.05) is 42.5 Å². The number of nitrogens with zero attached hydrogens (tertiary/aromatic N) is 2. The topological polar surface area (TPSA) is 96.7 Å². The first-order chi connectivity index (χ1) is 16.1. The van der Waals surface area contributed by atoms with Crippen molar-refractivity contribution in [1.82, 2.24) is 20.3 Å². The number of aryl methyl sites for hydroxylation is 1. The molecule has 1 aliphatic carbocycles. The maximum absolute atomic E-state index is 13.4. The van der Waals surface area contributed by atoms with Gasteiger partial charge in [-0.2, -0.15) is 0 Å². The number of nitrogens with one attached hydrogen (secondary N) is 2. The molecule has 3 heterocycles. The van der Waals surface area contributed by atoms with E-state index in [1.54, 1.807) is 18.5 Å². The second-order valence-electron chi connectivity index (χ2n) is 8.23. The molecular weight excluding hydrogens is 410 g/mol. The Morgan fingerprint density at radius 2 is 1.76 bits per heavy atom. The summed E-state index contributed by atoms with van der Waals surface area (Å²) in [5, 5.41) is 4.08. The van der Waals surface area contributed by atoms with Gasteiger partial charge in [-0.25, -0.2) is 9.97 Å². The number of carbonyl (C=O) groups excluding carboxylic acids is 1. The molecule has 0 bridgehead atoms. The maximum Gasteiger partial charge on any atom is 0.252 e. The number of pyridine rings is 2. The fraction of sp³-hybridized carbons (Fsp3) is 0.0741. The molecule has 160 valence electrons. The van der Waals surface area contributed by atoms with Gasteiger partial charge < -0.3 is 16.0 Å². The SMILES string of the molecule is Cc1nc(N)ccc1-c1cccc2c1-c1ccccc1C2NC(=O)c1ccnc2[nH]ccc12. The number of aromatic amines is 1. The molecule has 2 aromatic carbocycles. The number of hydrogen-bond donors (Lipinski definition) is 3. The van der Waals surface area contributed by atoms with Gasteiger partial charge >= 0.3 is 0 Å². The highest BCUT2D eigenvalue weighted by atomic mass is 16.1. The van der Waals surface area contributed by atoms with Crippen molar-refractivity contribution in [2.75, 3.05) is 5.73 Å². The summed E-state index contributed by atoms with van der Waals surface area (Å²) < 4.78 is 0. The molecule has 6 rings (SSSR count). The molecule has 6 heteroatoms. The van der Waals surface area contributed by atoms with E-state index in [4.69, 9.17) is 5.73 Å². The molecule has 3 aromatic heterocycles. The molecule has 0 spiro atoms. The van der Waals surface area contributed by atoms with Gasteiger partial charge in [0.25, 0.3) is 5.91 Å². The number of carbonyl (C=O) groups is 1. The van der Waals surface area contributed by atoms with Crippen molar-refractivity contribution in [1.29, 1.82) is 0 Å². The van der Waals surface area contributed by atoms with E-state index in [1.807, 2.05) is 43.3 Å². The fourth-order valence-corrected chi connectivity index (χ4v) is 4.87. The Morgan fingerprint density at radius 3 is 2.64 bits per heavy atom. The van der Waals surface area contributed by atoms with Gasteiger partial charge in [-0.3, -0.25) is 4.79 Å². The monoisotopic (exact) mass is 431 g/mol. The maximum atomic E-state index is 13.4. The molecule has 1 atom stereocenters. The summed E-state index contributed by atoms with van der Waals surface area (Å²) in [5.74, 6) is 0.369. The number of H-pyrrole nitrogens is 1. The van der Waals surface area contributed by atoms with Gasteiger partial charge in [0.2, 0.25) is 0 Å². The van der Waals surface area contributed by atoms with Crippen LogP contribution in [0, 0.1) is 6.92 Å². The van der Waals surface area contributed by atoms with Crippen molar-refractivity contribution in [3.8, 4) is 22.3 Å². The normalized spacial score (nSPS) is 14.2. The lowest BCUT2D eigenvalue weighted by atomic mass is 9.93. The van der Waals surface area contributed by atoms with Gasteiger partial charge in [-0.15, -0.1) is 0 Å². The van der Waals surface area contributed by atoms with E-state index >= 15 is 0 Å². The lowest BCUT2D eigenvalue weighted by Gasteiger charge is -2.17. The highest BCUT2D eigenvalue weighted by Crippen LogP contribution is 2.48. The fourth-order valence-electron chi connectivity index (χ4n) is 4.87. The summed E-state index contributed by atoms with van der Waals surface area (Å²) in [7, 11) is 0. The molecule has 0 aliphatic heterocycles. The Kier molecular flexibility index (Phi) is 4.26. The molecule has 6 nitrogen and oxygen atoms in total. The van der Waals surface area contributed by atoms with Crippen LogP contribution < -0.4 is 11.1 Å². The lowest BCUT2D eigenvalue weighted by Crippen LogP contribution is -2.28. The first-order valence-electron chi connectivity index (χ1n) is 10.8. The first-order valence-corrected chi connectivity index (χ1v) is 10.8. The standard InChI is InChI=1S/C27H21N5O/c1-15-16(9-10-23(28)31-15)17-7-4-8-22-24(17)18-5-2-3-6-19(18)25(22)32-27(33)21-12-14-30-26-20(21)11-13-29-26/h2-14,25H,1H3,(H2,28,31)(H,29,30)(H,32,33). The van der Waals surface area contributed by atoms with Crippen molar-refractivity contribution in [2.45, 2.75) is 13.0 Å². The molecule has 1 aliphatic rings. The Hall–Kier alpha value is -4.45. The largest absolute Gasteiger partial charge is 0.384 e. The van der Waals surface area contributed by atoms with Gasteiger partial charge in [0.1, 0.15) is 11.5 Å². The molecule has 0 saturated carbocycles. The molecule has 0 saturated heterocycles. The Balaban J connectivity index is 1.48. The number of rotatable bonds is 3. The molecule has 1 unspecified atom stereocenters. The summed E-state index contributed by atoms with van der Waals surface area (Å²) in [4.78, 5) is 25.2. The minimum atomic E-state index is -0.257. The van der Waals surface area contributed by atoms with Crippen LogP contribution in [0.4, 0.5) is 5.82 Å². The molecule has 0 fully saturated rings. The Bertz CT molecular complexity index is 1550. The summed E-state index contributed by atoms with van der Waals surface area (Å²) in [6.45, 7) is 1.97. The summed E-state index contributed by atoms with van der Waals surface area (Å²) >= 11 is 0. The third kappa shape index (κ3) is 2.99. The minimum absolute atomic E-state index is 0.134. The highest BCUT2D eigenvalue weighted by molar-refractivity contribution is 6.06. The summed E-state index contributed by atoms with van der Waals surface area (Å²) in [6, 6.07) is 21.7. The molecule has 5 aromatic rings. The van der Waals surface area contributed by atoms with Crippen molar-refractivity contribution < 1.29 is 4.79 Å². The average Bonchev–Trinajstić information content (AvgIpc) is 3.42. The summed E-state index contributed by atoms with van der Waals surface area (Å²) in [6.07, 6.45) is 3.45. The predicted octanol–water partition coefficient (Wildman–Crippen LogP) is 5.02. The van der Waals surface area contributed by atoms with Crippen LogP contribution in [-0.4, -0.2) is 20.9 Å². The molecule has 4 N–H and O–H groups in total. The number of nitrogen functional groups attached to an aromatic ring is 1. The quantitative estimate of drug-likeness (QED) is 0.374. The Labute approximate surface area is 190 Å². The number of benzene rings is 2. The van der Waals surface area contributed by atoms with Crippen LogP contribution in [0.1, 0.15) is 33.2 Å². The van der Waals surface area contributed by atoms with Gasteiger partial charge in [0.05, 0.1) is 11.6 Å². The first kappa shape index (κ1) is 19.3. The van der Waals surface area contributed by atoms with Crippen LogP contribution in [0.5, 0.6) is 0 Å². The van der Waals surface area contributed by atoms with Crippen LogP contribution >= 0.6 is 0 Å². The number of anilines is 1. The van der Waals surface area contributed by atoms with Gasteiger partial charge in [0.15, 0.2) is 0 Å². The van der Waals surface area contributed by atoms with E-state index in [2.05, 4.69) is 44.5 Å². The van der Waals surface area contributed by atoms with Crippen LogP contribution in [0.3, 0.4) is 0 Å². The molecule has 1 amide bonds. The third-order valence-corrected chi connectivity index (χ3v) is 6.33. The number of fused-ring (bicyclic) bond motifs is 4. The number of amides is 1. The second kappa shape index (κ2) is 7.31. The average molecular weight is 431 g/mol. The van der Waals surface area contributed by atoms with Crippen molar-refractivity contribution in [2.24, 2.45) is 0 Å². The highest BCUT2D eigenvalue weighted by Gasteiger charge is 2.32. The van der Waals surface area contributed by atoms with Crippen molar-refractivity contribution >= 4 is 22.8 Å². The van der Waals surface area contributed by atoms with E-state index in [-0.39, 0.29) is 11.9 Å². The van der Waals surface area contributed by atoms with E-state index in [9.17, 15) is 4.79 Å². The molecular formula is C27H21N5O. The second-order valence-corrected chi connectivity index (χ2v) is 8.23. The Morgan fingerprint density at radius 1 is 0.939 bits per heavy atom. The number of aromatic nitrogens is 3. The number of hydrogen-bond acceptors (Lipinski definition) is 4. The van der Waals surface area contributed by atoms with Crippen LogP contribution in [0.25, 0.3) is 33.3 Å².